The molecule has 8 heteroatoms. The molecule has 3 N–H and O–H groups in total. The highest BCUT2D eigenvalue weighted by Gasteiger charge is 2.56. The molecule has 0 aliphatic carbocycles. The van der Waals surface area contributed by atoms with Crippen molar-refractivity contribution in [3.05, 3.63) is 51.8 Å². The second-order valence-corrected chi connectivity index (χ2v) is 8.59. The Morgan fingerprint density at radius 3 is 2.34 bits per heavy atom. The molecule has 0 heterocycles. The standard InChI is InChI=1S/C24H34ClF3N2O2/c1-7-19(30-9-3)13-18(29)14-23(31,24(26,27)28)15-22(6,8-2)20-12-17(25)11-16(5)21(20)32-10-4/h7,9,11-13,31H,8,10,14-15,29H2,1-6H3/b18-13-,19-7-,30-9?. The molecule has 4 nitrogen and oxygen atoms in total. The van der Waals surface area contributed by atoms with Crippen molar-refractivity contribution in [3.8, 4) is 5.75 Å². The summed E-state index contributed by atoms with van der Waals surface area (Å²) in [7, 11) is 0. The second-order valence-electron chi connectivity index (χ2n) is 8.15. The van der Waals surface area contributed by atoms with Crippen LogP contribution in [0.3, 0.4) is 0 Å². The summed E-state index contributed by atoms with van der Waals surface area (Å²) in [6, 6.07) is 3.32. The molecular weight excluding hydrogens is 441 g/mol. The summed E-state index contributed by atoms with van der Waals surface area (Å²) in [4.78, 5) is 4.05. The van der Waals surface area contributed by atoms with E-state index in [0.29, 0.717) is 35.1 Å². The molecule has 0 amide bonds. The molecule has 0 bridgehead atoms. The predicted molar refractivity (Wildman–Crippen MR) is 125 cm³/mol. The van der Waals surface area contributed by atoms with Crippen LogP contribution in [-0.4, -0.2) is 29.7 Å². The quantitative estimate of drug-likeness (QED) is 0.295. The molecule has 0 aliphatic heterocycles. The van der Waals surface area contributed by atoms with E-state index >= 15 is 0 Å². The summed E-state index contributed by atoms with van der Waals surface area (Å²) in [5.41, 5.74) is 3.33. The number of aliphatic hydroxyl groups is 1. The molecule has 0 fully saturated rings. The van der Waals surface area contributed by atoms with Gasteiger partial charge in [-0.1, -0.05) is 31.5 Å². The van der Waals surface area contributed by atoms with Gasteiger partial charge in [0.05, 0.1) is 12.3 Å². The lowest BCUT2D eigenvalue weighted by Crippen LogP contribution is -2.50. The van der Waals surface area contributed by atoms with Crippen LogP contribution in [0.5, 0.6) is 5.75 Å². The van der Waals surface area contributed by atoms with Crippen LogP contribution in [-0.2, 0) is 5.41 Å². The maximum atomic E-state index is 14.2. The van der Waals surface area contributed by atoms with Gasteiger partial charge in [0.15, 0.2) is 5.60 Å². The van der Waals surface area contributed by atoms with Gasteiger partial charge in [-0.2, -0.15) is 13.2 Å². The van der Waals surface area contributed by atoms with Gasteiger partial charge in [0.2, 0.25) is 0 Å². The fourth-order valence-corrected chi connectivity index (χ4v) is 4.03. The number of allylic oxidation sites excluding steroid dienone is 2. The Kier molecular flexibility index (Phi) is 9.85. The first kappa shape index (κ1) is 28.0. The van der Waals surface area contributed by atoms with Crippen LogP contribution in [0.2, 0.25) is 5.02 Å². The van der Waals surface area contributed by atoms with Crippen LogP contribution in [0.15, 0.2) is 40.7 Å². The minimum atomic E-state index is -4.91. The third-order valence-electron chi connectivity index (χ3n) is 5.57. The number of nitrogens with zero attached hydrogens (tertiary/aromatic N) is 1. The van der Waals surface area contributed by atoms with E-state index in [2.05, 4.69) is 4.99 Å². The summed E-state index contributed by atoms with van der Waals surface area (Å²) in [5.74, 6) is 0.489. The topological polar surface area (TPSA) is 67.8 Å². The maximum absolute atomic E-state index is 14.2. The van der Waals surface area contributed by atoms with Gasteiger partial charge in [-0.3, -0.25) is 4.99 Å². The number of hydrogen-bond donors (Lipinski definition) is 2. The molecule has 1 rings (SSSR count). The van der Waals surface area contributed by atoms with Crippen LogP contribution in [0.1, 0.15) is 65.0 Å². The molecule has 1 aromatic rings. The summed E-state index contributed by atoms with van der Waals surface area (Å²) in [5, 5.41) is 11.3. The zero-order valence-corrected chi connectivity index (χ0v) is 20.4. The van der Waals surface area contributed by atoms with E-state index in [4.69, 9.17) is 22.1 Å². The Morgan fingerprint density at radius 1 is 1.25 bits per heavy atom. The molecule has 180 valence electrons. The molecule has 32 heavy (non-hydrogen) atoms. The first-order valence-electron chi connectivity index (χ1n) is 10.6. The second kappa shape index (κ2) is 11.2. The number of nitrogens with two attached hydrogens (primary N) is 1. The zero-order chi connectivity index (χ0) is 24.7. The fourth-order valence-electron chi connectivity index (χ4n) is 3.76. The fraction of sp³-hybridized carbons (Fsp3) is 0.542. The minimum absolute atomic E-state index is 0.116. The van der Waals surface area contributed by atoms with Crippen molar-refractivity contribution in [2.75, 3.05) is 6.61 Å². The number of aliphatic imine (C=N–C) groups is 1. The van der Waals surface area contributed by atoms with E-state index in [-0.39, 0.29) is 5.70 Å². The van der Waals surface area contributed by atoms with Crippen molar-refractivity contribution < 1.29 is 23.0 Å². The highest BCUT2D eigenvalue weighted by molar-refractivity contribution is 6.30. The highest BCUT2D eigenvalue weighted by atomic mass is 35.5. The minimum Gasteiger partial charge on any atom is -0.493 e. The van der Waals surface area contributed by atoms with Crippen LogP contribution in [0.4, 0.5) is 13.2 Å². The highest BCUT2D eigenvalue weighted by Crippen LogP contribution is 2.48. The Balaban J connectivity index is 3.55. The molecule has 0 saturated carbocycles. The summed E-state index contributed by atoms with van der Waals surface area (Å²) in [6.07, 6.45) is -1.52. The lowest BCUT2D eigenvalue weighted by molar-refractivity contribution is -0.266. The third-order valence-corrected chi connectivity index (χ3v) is 5.79. The monoisotopic (exact) mass is 474 g/mol. The van der Waals surface area contributed by atoms with Crippen LogP contribution >= 0.6 is 11.6 Å². The summed E-state index contributed by atoms with van der Waals surface area (Å²) >= 11 is 6.24. The SMILES string of the molecule is CC=NC(/C=C(\N)CC(O)(CC(C)(CC)c1cc(Cl)cc(C)c1OCC)C(F)(F)F)=C\C. The van der Waals surface area contributed by atoms with E-state index in [9.17, 15) is 18.3 Å². The summed E-state index contributed by atoms with van der Waals surface area (Å²) < 4.78 is 48.3. The van der Waals surface area contributed by atoms with E-state index in [1.165, 1.54) is 12.3 Å². The summed E-state index contributed by atoms with van der Waals surface area (Å²) in [6.45, 7) is 10.8. The average molecular weight is 475 g/mol. The molecule has 0 saturated heterocycles. The third kappa shape index (κ3) is 6.75. The maximum Gasteiger partial charge on any atom is 0.417 e. The van der Waals surface area contributed by atoms with Gasteiger partial charge >= 0.3 is 6.18 Å². The Bertz CT molecular complexity index is 881. The number of rotatable bonds is 10. The van der Waals surface area contributed by atoms with E-state index in [0.717, 1.165) is 5.56 Å². The molecule has 0 aliphatic rings. The van der Waals surface area contributed by atoms with Crippen molar-refractivity contribution in [1.82, 2.24) is 0 Å². The molecule has 0 aromatic heterocycles. The first-order chi connectivity index (χ1) is 14.8. The van der Waals surface area contributed by atoms with Gasteiger partial charge in [-0.25, -0.2) is 0 Å². The van der Waals surface area contributed by atoms with Gasteiger partial charge in [0.25, 0.3) is 0 Å². The molecule has 2 atom stereocenters. The average Bonchev–Trinajstić information content (AvgIpc) is 2.68. The first-order valence-corrected chi connectivity index (χ1v) is 11.0. The number of alkyl halides is 3. The van der Waals surface area contributed by atoms with Crippen molar-refractivity contribution >= 4 is 17.8 Å². The Hall–Kier alpha value is -1.99. The normalized spacial score (nSPS) is 17.3. The van der Waals surface area contributed by atoms with E-state index in [1.54, 1.807) is 59.8 Å². The molecule has 2 unspecified atom stereocenters. The van der Waals surface area contributed by atoms with Gasteiger partial charge in [0.1, 0.15) is 5.75 Å². The van der Waals surface area contributed by atoms with Crippen LogP contribution < -0.4 is 10.5 Å². The van der Waals surface area contributed by atoms with Gasteiger partial charge in [-0.05, 0) is 69.7 Å². The van der Waals surface area contributed by atoms with Gasteiger partial charge in [-0.15, -0.1) is 0 Å². The number of benzene rings is 1. The lowest BCUT2D eigenvalue weighted by atomic mass is 9.70. The van der Waals surface area contributed by atoms with Crippen molar-refractivity contribution in [2.24, 2.45) is 10.7 Å². The van der Waals surface area contributed by atoms with Crippen molar-refractivity contribution in [1.29, 1.82) is 0 Å². The van der Waals surface area contributed by atoms with E-state index < -0.39 is 30.0 Å². The van der Waals surface area contributed by atoms with E-state index in [1.807, 2.05) is 0 Å². The molecule has 0 radical (unpaired) electrons. The van der Waals surface area contributed by atoms with Crippen molar-refractivity contribution in [3.63, 3.8) is 0 Å². The number of hydrogen-bond acceptors (Lipinski definition) is 4. The Labute approximate surface area is 194 Å². The smallest absolute Gasteiger partial charge is 0.417 e. The molecule has 0 spiro atoms. The van der Waals surface area contributed by atoms with Crippen LogP contribution in [0.25, 0.3) is 0 Å². The largest absolute Gasteiger partial charge is 0.493 e. The predicted octanol–water partition coefficient (Wildman–Crippen LogP) is 6.63. The molecular formula is C24H34ClF3N2O2. The lowest BCUT2D eigenvalue weighted by Gasteiger charge is -2.40. The number of ether oxygens (including phenoxy) is 1. The number of halogens is 4. The Morgan fingerprint density at radius 2 is 1.88 bits per heavy atom. The van der Waals surface area contributed by atoms with Crippen LogP contribution in [0, 0.1) is 6.92 Å². The van der Waals surface area contributed by atoms with Gasteiger partial charge < -0.3 is 15.6 Å². The van der Waals surface area contributed by atoms with Crippen molar-refractivity contribution in [2.45, 2.75) is 78.0 Å². The zero-order valence-electron chi connectivity index (χ0n) is 19.6. The van der Waals surface area contributed by atoms with Gasteiger partial charge in [0, 0.05) is 28.9 Å². The number of aryl methyl sites for hydroxylation is 1. The molecule has 1 aromatic carbocycles.